The Balaban J connectivity index is 1.97. The number of nitrogens with one attached hydrogen (secondary N) is 1. The number of rotatable bonds is 2. The smallest absolute Gasteiger partial charge is 0.261 e. The molecule has 0 aromatic carbocycles. The lowest BCUT2D eigenvalue weighted by molar-refractivity contribution is -0.122. The summed E-state index contributed by atoms with van der Waals surface area (Å²) >= 11 is 3.10. The lowest BCUT2D eigenvalue weighted by Crippen LogP contribution is -2.23. The number of carbonyl (C=O) groups is 2. The summed E-state index contributed by atoms with van der Waals surface area (Å²) in [4.78, 5) is 29.7. The van der Waals surface area contributed by atoms with Crippen LogP contribution < -0.4 is 5.32 Å². The van der Waals surface area contributed by atoms with E-state index in [1.54, 1.807) is 23.3 Å². The maximum absolute atomic E-state index is 12.7. The number of likely N-dealkylation sites (N-methyl/N-ethyl adjacent to an activating group) is 1. The molecule has 4 heterocycles. The van der Waals surface area contributed by atoms with Crippen LogP contribution in [-0.2, 0) is 9.59 Å². The second-order valence-electron chi connectivity index (χ2n) is 5.18. The molecule has 0 saturated heterocycles. The average molecular weight is 328 g/mol. The molecule has 0 radical (unpaired) electrons. The maximum Gasteiger partial charge on any atom is 0.261 e. The summed E-state index contributed by atoms with van der Waals surface area (Å²) in [5.41, 5.74) is 2.34. The van der Waals surface area contributed by atoms with Gasteiger partial charge in [-0.15, -0.1) is 22.7 Å². The Labute approximate surface area is 135 Å². The van der Waals surface area contributed by atoms with E-state index in [1.807, 2.05) is 36.6 Å². The lowest BCUT2D eigenvalue weighted by atomic mass is 10.1. The van der Waals surface area contributed by atoms with E-state index in [1.165, 1.54) is 11.3 Å². The van der Waals surface area contributed by atoms with Crippen molar-refractivity contribution < 1.29 is 9.59 Å². The largest absolute Gasteiger partial charge is 0.320 e. The molecule has 1 N–H and O–H groups in total. The van der Waals surface area contributed by atoms with Crippen LogP contribution in [-0.4, -0.2) is 23.8 Å². The van der Waals surface area contributed by atoms with Crippen LogP contribution in [0.3, 0.4) is 0 Å². The third-order valence-electron chi connectivity index (χ3n) is 3.80. The summed E-state index contributed by atoms with van der Waals surface area (Å²) in [6, 6.07) is 7.79. The highest BCUT2D eigenvalue weighted by molar-refractivity contribution is 7.13. The predicted molar refractivity (Wildman–Crippen MR) is 88.1 cm³/mol. The molecule has 22 heavy (non-hydrogen) atoms. The highest BCUT2D eigenvalue weighted by atomic mass is 32.1. The second kappa shape index (κ2) is 4.66. The van der Waals surface area contributed by atoms with Gasteiger partial charge in [-0.1, -0.05) is 6.07 Å². The summed E-state index contributed by atoms with van der Waals surface area (Å²) < 4.78 is 0. The van der Waals surface area contributed by atoms with Crippen molar-refractivity contribution in [3.63, 3.8) is 0 Å². The number of hydrogen-bond acceptors (Lipinski definition) is 4. The molecule has 2 aromatic rings. The molecule has 2 aliphatic rings. The Bertz CT molecular complexity index is 872. The van der Waals surface area contributed by atoms with Crippen LogP contribution >= 0.6 is 22.7 Å². The van der Waals surface area contributed by atoms with Crippen LogP contribution in [0.2, 0.25) is 0 Å². The van der Waals surface area contributed by atoms with Gasteiger partial charge in [0.15, 0.2) is 0 Å². The summed E-state index contributed by atoms with van der Waals surface area (Å²) in [6.07, 6.45) is 0. The molecule has 0 fully saturated rings. The van der Waals surface area contributed by atoms with Crippen LogP contribution in [0, 0.1) is 6.92 Å². The zero-order valence-corrected chi connectivity index (χ0v) is 13.6. The molecular formula is C16H12N2O2S2. The van der Waals surface area contributed by atoms with Gasteiger partial charge in [0.25, 0.3) is 11.8 Å². The topological polar surface area (TPSA) is 49.4 Å². The van der Waals surface area contributed by atoms with Crippen molar-refractivity contribution in [1.29, 1.82) is 0 Å². The molecule has 4 nitrogen and oxygen atoms in total. The van der Waals surface area contributed by atoms with Gasteiger partial charge in [0, 0.05) is 11.9 Å². The zero-order chi connectivity index (χ0) is 15.4. The first-order chi connectivity index (χ1) is 10.6. The summed E-state index contributed by atoms with van der Waals surface area (Å²) in [7, 11) is 1.73. The Kier molecular flexibility index (Phi) is 2.85. The highest BCUT2D eigenvalue weighted by Crippen LogP contribution is 2.43. The van der Waals surface area contributed by atoms with E-state index in [2.05, 4.69) is 5.32 Å². The highest BCUT2D eigenvalue weighted by Gasteiger charge is 2.44. The number of amides is 2. The summed E-state index contributed by atoms with van der Waals surface area (Å²) in [6.45, 7) is 2.01. The number of fused-ring (bicyclic) bond motifs is 1. The molecule has 0 atom stereocenters. The minimum absolute atomic E-state index is 0.127. The van der Waals surface area contributed by atoms with Gasteiger partial charge in [-0.3, -0.25) is 9.59 Å². The van der Waals surface area contributed by atoms with Crippen molar-refractivity contribution in [2.24, 2.45) is 0 Å². The molecule has 0 aliphatic carbocycles. The van der Waals surface area contributed by atoms with E-state index in [0.717, 1.165) is 14.6 Å². The van der Waals surface area contributed by atoms with Gasteiger partial charge in [-0.2, -0.15) is 0 Å². The van der Waals surface area contributed by atoms with Crippen LogP contribution in [0.1, 0.15) is 14.6 Å². The quantitative estimate of drug-likeness (QED) is 0.921. The van der Waals surface area contributed by atoms with Crippen LogP contribution in [0.25, 0.3) is 11.4 Å². The molecule has 0 saturated carbocycles. The fourth-order valence-electron chi connectivity index (χ4n) is 2.81. The average Bonchev–Trinajstić information content (AvgIpc) is 3.22. The fourth-order valence-corrected chi connectivity index (χ4v) is 4.50. The van der Waals surface area contributed by atoms with Crippen molar-refractivity contribution in [2.45, 2.75) is 6.92 Å². The normalized spacial score (nSPS) is 17.6. The number of aryl methyl sites for hydroxylation is 1. The van der Waals surface area contributed by atoms with E-state index < -0.39 is 0 Å². The Morgan fingerprint density at radius 2 is 1.91 bits per heavy atom. The maximum atomic E-state index is 12.7. The minimum Gasteiger partial charge on any atom is -0.320 e. The molecule has 110 valence electrons. The number of nitrogens with zero attached hydrogens (tertiary/aromatic N) is 1. The molecule has 0 bridgehead atoms. The van der Waals surface area contributed by atoms with Gasteiger partial charge in [-0.05, 0) is 30.5 Å². The first kappa shape index (κ1) is 13.5. The lowest BCUT2D eigenvalue weighted by Gasteiger charge is -2.14. The third kappa shape index (κ3) is 1.74. The number of thiophene rings is 2. The number of hydrogen-bond donors (Lipinski definition) is 1. The van der Waals surface area contributed by atoms with Crippen molar-refractivity contribution in [3.05, 3.63) is 55.4 Å². The van der Waals surface area contributed by atoms with Gasteiger partial charge >= 0.3 is 0 Å². The summed E-state index contributed by atoms with van der Waals surface area (Å²) in [5.74, 6) is -0.324. The van der Waals surface area contributed by atoms with Gasteiger partial charge in [0.2, 0.25) is 0 Å². The standard InChI is InChI=1S/C16H12N2O2S2/c1-8-5-6-10(22-8)14-12-11(16(20)18(14)2)13(17-15(12)19)9-4-3-7-21-9/h3-7H,1-2H3,(H,17,19). The van der Waals surface area contributed by atoms with Gasteiger partial charge in [0.05, 0.1) is 32.3 Å². The third-order valence-corrected chi connectivity index (χ3v) is 5.69. The van der Waals surface area contributed by atoms with E-state index >= 15 is 0 Å². The first-order valence-corrected chi connectivity index (χ1v) is 8.46. The molecule has 6 heteroatoms. The van der Waals surface area contributed by atoms with Gasteiger partial charge in [-0.25, -0.2) is 0 Å². The molecular weight excluding hydrogens is 316 g/mol. The van der Waals surface area contributed by atoms with E-state index in [0.29, 0.717) is 22.5 Å². The van der Waals surface area contributed by atoms with Crippen molar-refractivity contribution in [1.82, 2.24) is 10.2 Å². The Morgan fingerprint density at radius 3 is 2.55 bits per heavy atom. The Morgan fingerprint density at radius 1 is 1.09 bits per heavy atom. The van der Waals surface area contributed by atoms with Crippen LogP contribution in [0.5, 0.6) is 0 Å². The van der Waals surface area contributed by atoms with Crippen LogP contribution in [0.4, 0.5) is 0 Å². The van der Waals surface area contributed by atoms with Crippen molar-refractivity contribution in [2.75, 3.05) is 7.05 Å². The van der Waals surface area contributed by atoms with E-state index in [9.17, 15) is 9.59 Å². The molecule has 0 unspecified atom stereocenters. The van der Waals surface area contributed by atoms with Crippen LogP contribution in [0.15, 0.2) is 40.8 Å². The van der Waals surface area contributed by atoms with E-state index in [4.69, 9.17) is 0 Å². The molecule has 2 aliphatic heterocycles. The summed E-state index contributed by atoms with van der Waals surface area (Å²) in [5, 5.41) is 4.80. The van der Waals surface area contributed by atoms with E-state index in [-0.39, 0.29) is 11.8 Å². The van der Waals surface area contributed by atoms with Crippen molar-refractivity contribution >= 4 is 45.9 Å². The fraction of sp³-hybridized carbons (Fsp3) is 0.125. The molecule has 4 rings (SSSR count). The SMILES string of the molecule is Cc1ccc(C2=C3C(=O)NC(c4cccs4)=C3C(=O)N2C)s1. The zero-order valence-electron chi connectivity index (χ0n) is 12.0. The second-order valence-corrected chi connectivity index (χ2v) is 7.42. The predicted octanol–water partition coefficient (Wildman–Crippen LogP) is 2.84. The first-order valence-electron chi connectivity index (χ1n) is 6.77. The molecule has 0 spiro atoms. The molecule has 2 aromatic heterocycles. The van der Waals surface area contributed by atoms with Gasteiger partial charge < -0.3 is 10.2 Å². The van der Waals surface area contributed by atoms with Gasteiger partial charge in [0.1, 0.15) is 0 Å². The minimum atomic E-state index is -0.197. The Hall–Kier alpha value is -2.18. The monoisotopic (exact) mass is 328 g/mol. The molecule has 2 amide bonds. The number of carbonyl (C=O) groups excluding carboxylic acids is 2. The van der Waals surface area contributed by atoms with Crippen molar-refractivity contribution in [3.8, 4) is 0 Å².